The third-order valence-corrected chi connectivity index (χ3v) is 8.55. The zero-order valence-electron chi connectivity index (χ0n) is 20.0. The van der Waals surface area contributed by atoms with E-state index in [4.69, 9.17) is 14.2 Å². The van der Waals surface area contributed by atoms with E-state index in [0.717, 1.165) is 36.1 Å². The van der Waals surface area contributed by atoms with Crippen molar-refractivity contribution < 1.29 is 32.2 Å². The lowest BCUT2D eigenvalue weighted by Gasteiger charge is -2.22. The molecule has 0 unspecified atom stereocenters. The van der Waals surface area contributed by atoms with E-state index in [-0.39, 0.29) is 4.90 Å². The second-order valence-corrected chi connectivity index (χ2v) is 11.7. The molecule has 0 spiro atoms. The van der Waals surface area contributed by atoms with Gasteiger partial charge in [-0.3, -0.25) is 9.59 Å². The van der Waals surface area contributed by atoms with Crippen LogP contribution in [0.25, 0.3) is 0 Å². The van der Waals surface area contributed by atoms with E-state index in [9.17, 15) is 23.3 Å². The number of nitrogens with zero attached hydrogens (tertiary/aromatic N) is 1. The van der Waals surface area contributed by atoms with E-state index in [1.165, 1.54) is 29.5 Å². The van der Waals surface area contributed by atoms with Crippen LogP contribution in [0, 0.1) is 17.2 Å². The van der Waals surface area contributed by atoms with E-state index in [1.54, 1.807) is 13.8 Å². The molecule has 0 bridgehead atoms. The van der Waals surface area contributed by atoms with Crippen molar-refractivity contribution in [2.75, 3.05) is 25.1 Å². The second-order valence-electron chi connectivity index (χ2n) is 8.83. The fourth-order valence-corrected chi connectivity index (χ4v) is 6.65. The maximum absolute atomic E-state index is 13.0. The first-order valence-corrected chi connectivity index (χ1v) is 13.9. The number of anilines is 1. The number of sulfonamides is 1. The number of nitriles is 1. The van der Waals surface area contributed by atoms with Crippen LogP contribution in [0.1, 0.15) is 42.7 Å². The molecule has 1 aliphatic heterocycles. The van der Waals surface area contributed by atoms with E-state index in [2.05, 4.69) is 16.1 Å². The van der Waals surface area contributed by atoms with Crippen LogP contribution in [0.3, 0.4) is 0 Å². The van der Waals surface area contributed by atoms with Crippen molar-refractivity contribution in [1.29, 1.82) is 5.26 Å². The molecule has 0 saturated heterocycles. The zero-order valence-corrected chi connectivity index (χ0v) is 21.6. The van der Waals surface area contributed by atoms with Crippen molar-refractivity contribution in [3.8, 4) is 17.6 Å². The van der Waals surface area contributed by atoms with Gasteiger partial charge in [0.25, 0.3) is 5.91 Å². The minimum Gasteiger partial charge on any atom is -0.486 e. The quantitative estimate of drug-likeness (QED) is 0.493. The van der Waals surface area contributed by atoms with Crippen LogP contribution in [0.2, 0.25) is 0 Å². The highest BCUT2D eigenvalue weighted by atomic mass is 32.2. The number of rotatable bonds is 8. The van der Waals surface area contributed by atoms with Gasteiger partial charge in [-0.15, -0.1) is 11.3 Å². The monoisotopic (exact) mass is 533 g/mol. The fraction of sp³-hybridized carbons (Fsp3) is 0.458. The van der Waals surface area contributed by atoms with E-state index in [1.807, 2.05) is 0 Å². The van der Waals surface area contributed by atoms with Crippen molar-refractivity contribution >= 4 is 38.2 Å². The maximum Gasteiger partial charge on any atom is 0.324 e. The highest BCUT2D eigenvalue weighted by Crippen LogP contribution is 2.37. The summed E-state index contributed by atoms with van der Waals surface area (Å²) in [5.74, 6) is -1.20. The molecule has 192 valence electrons. The number of benzene rings is 1. The first-order valence-electron chi connectivity index (χ1n) is 11.6. The molecule has 2 aliphatic rings. The Balaban J connectivity index is 1.39. The second kappa shape index (κ2) is 10.9. The molecule has 0 fully saturated rings. The number of aryl methyl sites for hydroxylation is 1. The Kier molecular flexibility index (Phi) is 7.82. The fourth-order valence-electron chi connectivity index (χ4n) is 4.04. The van der Waals surface area contributed by atoms with E-state index < -0.39 is 40.5 Å². The van der Waals surface area contributed by atoms with Crippen molar-refractivity contribution in [1.82, 2.24) is 4.72 Å². The lowest BCUT2D eigenvalue weighted by molar-refractivity contribution is -0.150. The molecule has 2 heterocycles. The number of nitrogens with one attached hydrogen (secondary N) is 2. The third-order valence-electron chi connectivity index (χ3n) is 5.91. The standard InChI is InChI=1S/C24H27N3O7S2/c1-14(2)22(27-36(30,31)15-7-8-18-19(11-15)33-10-9-32-18)24(29)34-13-21(28)26-23-17(12-25)16-5-3-4-6-20(16)35-23/h7-8,11,14,22,27H,3-6,9-10,13H2,1-2H3,(H,26,28)/t22-/m0/s1. The summed E-state index contributed by atoms with van der Waals surface area (Å²) < 4.78 is 44.3. The van der Waals surface area contributed by atoms with Crippen molar-refractivity contribution in [2.24, 2.45) is 5.92 Å². The molecular weight excluding hydrogens is 506 g/mol. The smallest absolute Gasteiger partial charge is 0.324 e. The number of amides is 1. The number of fused-ring (bicyclic) bond motifs is 2. The summed E-state index contributed by atoms with van der Waals surface area (Å²) in [5.41, 5.74) is 1.44. The Morgan fingerprint density at radius 3 is 2.61 bits per heavy atom. The summed E-state index contributed by atoms with van der Waals surface area (Å²) in [5, 5.41) is 12.6. The minimum absolute atomic E-state index is 0.0892. The predicted octanol–water partition coefficient (Wildman–Crippen LogP) is 2.75. The van der Waals surface area contributed by atoms with Crippen LogP contribution in [0.5, 0.6) is 11.5 Å². The Bertz CT molecular complexity index is 1310. The van der Waals surface area contributed by atoms with Gasteiger partial charge in [-0.2, -0.15) is 9.98 Å². The number of ether oxygens (including phenoxy) is 3. The maximum atomic E-state index is 13.0. The van der Waals surface area contributed by atoms with Crippen LogP contribution < -0.4 is 19.5 Å². The molecule has 1 aliphatic carbocycles. The molecule has 1 atom stereocenters. The lowest BCUT2D eigenvalue weighted by atomic mass is 9.96. The molecule has 36 heavy (non-hydrogen) atoms. The minimum atomic E-state index is -4.10. The van der Waals surface area contributed by atoms with Gasteiger partial charge in [0.15, 0.2) is 18.1 Å². The molecule has 12 heteroatoms. The molecule has 1 aromatic carbocycles. The van der Waals surface area contributed by atoms with Gasteiger partial charge >= 0.3 is 5.97 Å². The van der Waals surface area contributed by atoms with Gasteiger partial charge in [-0.1, -0.05) is 13.8 Å². The van der Waals surface area contributed by atoms with Crippen molar-refractivity contribution in [2.45, 2.75) is 50.5 Å². The Hall–Kier alpha value is -3.14. The molecule has 1 aromatic heterocycles. The Morgan fingerprint density at radius 2 is 1.89 bits per heavy atom. The van der Waals surface area contributed by atoms with Gasteiger partial charge in [0, 0.05) is 10.9 Å². The summed E-state index contributed by atoms with van der Waals surface area (Å²) in [6.07, 6.45) is 3.72. The third kappa shape index (κ3) is 5.64. The average molecular weight is 534 g/mol. The van der Waals surface area contributed by atoms with Crippen molar-refractivity contribution in [3.05, 3.63) is 34.2 Å². The normalized spacial score (nSPS) is 15.5. The number of esters is 1. The zero-order chi connectivity index (χ0) is 25.9. The molecule has 0 saturated carbocycles. The van der Waals surface area contributed by atoms with Gasteiger partial charge in [0.2, 0.25) is 10.0 Å². The molecule has 0 radical (unpaired) electrons. The molecule has 2 N–H and O–H groups in total. The SMILES string of the molecule is CC(C)[C@H](NS(=O)(=O)c1ccc2c(c1)OCCO2)C(=O)OCC(=O)Nc1sc2c(c1C#N)CCCC2. The first kappa shape index (κ1) is 25.9. The largest absolute Gasteiger partial charge is 0.486 e. The summed E-state index contributed by atoms with van der Waals surface area (Å²) in [7, 11) is -4.10. The van der Waals surface area contributed by atoms with Gasteiger partial charge < -0.3 is 19.5 Å². The Morgan fingerprint density at radius 1 is 1.17 bits per heavy atom. The number of hydrogen-bond acceptors (Lipinski definition) is 9. The number of thiophene rings is 1. The molecule has 1 amide bonds. The van der Waals surface area contributed by atoms with Crippen LogP contribution in [0.4, 0.5) is 5.00 Å². The number of hydrogen-bond donors (Lipinski definition) is 2. The van der Waals surface area contributed by atoms with Gasteiger partial charge in [-0.25, -0.2) is 8.42 Å². The summed E-state index contributed by atoms with van der Waals surface area (Å²) in [6, 6.07) is 5.13. The lowest BCUT2D eigenvalue weighted by Crippen LogP contribution is -2.45. The highest BCUT2D eigenvalue weighted by molar-refractivity contribution is 7.89. The van der Waals surface area contributed by atoms with Crippen LogP contribution >= 0.6 is 11.3 Å². The molecule has 2 aromatic rings. The predicted molar refractivity (Wildman–Crippen MR) is 132 cm³/mol. The van der Waals surface area contributed by atoms with Gasteiger partial charge in [0.05, 0.1) is 10.5 Å². The highest BCUT2D eigenvalue weighted by Gasteiger charge is 2.31. The summed E-state index contributed by atoms with van der Waals surface area (Å²) in [4.78, 5) is 26.2. The van der Waals surface area contributed by atoms with E-state index >= 15 is 0 Å². The number of carbonyl (C=O) groups excluding carboxylic acids is 2. The Labute approximate surface area is 213 Å². The van der Waals surface area contributed by atoms with E-state index in [0.29, 0.717) is 35.3 Å². The topological polar surface area (TPSA) is 144 Å². The number of carbonyl (C=O) groups is 2. The summed E-state index contributed by atoms with van der Waals surface area (Å²) >= 11 is 1.37. The first-order chi connectivity index (χ1) is 17.2. The van der Waals surface area contributed by atoms with Gasteiger partial charge in [0.1, 0.15) is 30.3 Å². The van der Waals surface area contributed by atoms with Gasteiger partial charge in [-0.05, 0) is 49.3 Å². The van der Waals surface area contributed by atoms with Crippen LogP contribution in [-0.4, -0.2) is 46.2 Å². The molecule has 4 rings (SSSR count). The van der Waals surface area contributed by atoms with Crippen LogP contribution in [0.15, 0.2) is 23.1 Å². The molecule has 10 nitrogen and oxygen atoms in total. The van der Waals surface area contributed by atoms with Crippen LogP contribution in [-0.2, 0) is 37.2 Å². The average Bonchev–Trinajstić information content (AvgIpc) is 3.22. The van der Waals surface area contributed by atoms with Crippen molar-refractivity contribution in [3.63, 3.8) is 0 Å². The summed E-state index contributed by atoms with van der Waals surface area (Å²) in [6.45, 7) is 3.39. The molecular formula is C24H27N3O7S2.